The van der Waals surface area contributed by atoms with Crippen LogP contribution in [0.4, 0.5) is 20.2 Å². The second-order valence-corrected chi connectivity index (χ2v) is 10.2. The number of halogens is 4. The van der Waals surface area contributed by atoms with Crippen molar-refractivity contribution >= 4 is 50.7 Å². The third kappa shape index (κ3) is 5.70. The van der Waals surface area contributed by atoms with Gasteiger partial charge in [0.05, 0.1) is 11.8 Å². The average molecular weight is 573 g/mol. The van der Waals surface area contributed by atoms with Crippen LogP contribution in [0.15, 0.2) is 40.9 Å². The normalized spacial score (nSPS) is 19.8. The van der Waals surface area contributed by atoms with Gasteiger partial charge in [-0.15, -0.1) is 8.78 Å². The van der Waals surface area contributed by atoms with Gasteiger partial charge in [0.1, 0.15) is 11.8 Å². The molecule has 7 nitrogen and oxygen atoms in total. The van der Waals surface area contributed by atoms with Gasteiger partial charge in [-0.3, -0.25) is 9.59 Å². The Morgan fingerprint density at radius 2 is 1.94 bits per heavy atom. The smallest absolute Gasteiger partial charge is 0.420 e. The van der Waals surface area contributed by atoms with Crippen LogP contribution in [0.2, 0.25) is 0 Å². The number of carbonyl (C=O) groups is 2. The number of carbonyl (C=O) groups excluding carboxylic acids is 2. The van der Waals surface area contributed by atoms with E-state index in [0.29, 0.717) is 41.7 Å². The Hall–Kier alpha value is -2.43. The predicted molar refractivity (Wildman–Crippen MR) is 132 cm³/mol. The number of hydrogen-bond acceptors (Lipinski definition) is 5. The number of rotatable bonds is 6. The first-order chi connectivity index (χ1) is 16.4. The summed E-state index contributed by atoms with van der Waals surface area (Å²) in [7, 11) is 0. The highest BCUT2D eigenvalue weighted by molar-refractivity contribution is 9.10. The van der Waals surface area contributed by atoms with Crippen molar-refractivity contribution in [1.82, 2.24) is 4.90 Å². The number of hydrogen-bond donors (Lipinski definition) is 2. The highest BCUT2D eigenvalue weighted by Crippen LogP contribution is 2.41. The lowest BCUT2D eigenvalue weighted by Crippen LogP contribution is -2.49. The fourth-order valence-corrected chi connectivity index (χ4v) is 5.41. The first kappa shape index (κ1) is 25.7. The molecule has 11 heteroatoms. The van der Waals surface area contributed by atoms with Crippen LogP contribution in [-0.2, 0) is 11.2 Å². The van der Waals surface area contributed by atoms with Gasteiger partial charge in [-0.05, 0) is 78.2 Å². The van der Waals surface area contributed by atoms with E-state index in [4.69, 9.17) is 11.6 Å². The number of fused-ring (bicyclic) bond motifs is 1. The molecule has 2 amide bonds. The Morgan fingerprint density at radius 1 is 1.26 bits per heavy atom. The van der Waals surface area contributed by atoms with Crippen LogP contribution in [0, 0.1) is 0 Å². The Bertz CT molecular complexity index is 1130. The molecule has 0 saturated carbocycles. The molecular weight excluding hydrogens is 548 g/mol. The highest BCUT2D eigenvalue weighted by atomic mass is 79.9. The zero-order chi connectivity index (χ0) is 25.5. The van der Waals surface area contributed by atoms with Gasteiger partial charge < -0.3 is 25.0 Å². The third-order valence-corrected chi connectivity index (χ3v) is 6.76. The van der Waals surface area contributed by atoms with Crippen LogP contribution in [0.3, 0.4) is 0 Å². The van der Waals surface area contributed by atoms with Gasteiger partial charge in [0.25, 0.3) is 5.91 Å². The SMILES string of the molecule is CC(C)N1c2c(Br)cc(C(=O)Nc3ccc(OC(F)(F)Cl)cc3)cc2CC1C(=O)N1CC[C@@H](O)C1. The van der Waals surface area contributed by atoms with E-state index in [1.165, 1.54) is 24.3 Å². The summed E-state index contributed by atoms with van der Waals surface area (Å²) in [6, 6.07) is 8.49. The van der Waals surface area contributed by atoms with Crippen LogP contribution in [0.25, 0.3) is 0 Å². The van der Waals surface area contributed by atoms with Crippen molar-refractivity contribution < 1.29 is 28.2 Å². The molecule has 1 unspecified atom stereocenters. The lowest BCUT2D eigenvalue weighted by molar-refractivity contribution is -0.131. The van der Waals surface area contributed by atoms with Crippen molar-refractivity contribution in [2.24, 2.45) is 0 Å². The van der Waals surface area contributed by atoms with Crippen molar-refractivity contribution in [1.29, 1.82) is 0 Å². The number of ether oxygens (including phenoxy) is 1. The maximum atomic E-state index is 13.3. The van der Waals surface area contributed by atoms with Gasteiger partial charge >= 0.3 is 5.57 Å². The lowest BCUT2D eigenvalue weighted by Gasteiger charge is -2.33. The molecule has 35 heavy (non-hydrogen) atoms. The number of nitrogens with one attached hydrogen (secondary N) is 1. The number of β-amino-alcohol motifs (C(OH)–C–C–N with tert-alkyl or cyclic N) is 1. The number of anilines is 2. The summed E-state index contributed by atoms with van der Waals surface area (Å²) in [5, 5.41) is 12.6. The number of aliphatic hydroxyl groups is 1. The van der Waals surface area contributed by atoms with Crippen LogP contribution in [0.5, 0.6) is 5.75 Å². The lowest BCUT2D eigenvalue weighted by atomic mass is 10.1. The van der Waals surface area contributed by atoms with Gasteiger partial charge in [-0.2, -0.15) is 0 Å². The zero-order valence-corrected chi connectivity index (χ0v) is 21.4. The van der Waals surface area contributed by atoms with E-state index in [2.05, 4.69) is 30.9 Å². The summed E-state index contributed by atoms with van der Waals surface area (Å²) in [6.07, 6.45) is 0.518. The molecular formula is C24H25BrClF2N3O4. The quantitative estimate of drug-likeness (QED) is 0.495. The number of alkyl halides is 3. The summed E-state index contributed by atoms with van der Waals surface area (Å²) in [5.41, 5.74) is -1.31. The Kier molecular flexibility index (Phi) is 7.26. The van der Waals surface area contributed by atoms with Gasteiger partial charge in [0, 0.05) is 52.9 Å². The Morgan fingerprint density at radius 3 is 2.51 bits per heavy atom. The maximum Gasteiger partial charge on any atom is 0.487 e. The monoisotopic (exact) mass is 571 g/mol. The standard InChI is InChI=1S/C24H25BrClF2N3O4/c1-13(2)31-20(23(34)30-8-7-17(32)12-30)11-14-9-15(10-19(25)21(14)31)22(33)29-16-3-5-18(6-4-16)35-24(26,27)28/h3-6,9-10,13,17,20,32H,7-8,11-12H2,1-2H3,(H,29,33)/t17-,20?/m1/s1. The van der Waals surface area contributed by atoms with Crippen LogP contribution < -0.4 is 15.0 Å². The second-order valence-electron chi connectivity index (χ2n) is 8.94. The van der Waals surface area contributed by atoms with E-state index in [9.17, 15) is 23.5 Å². The number of amides is 2. The molecule has 2 heterocycles. The van der Waals surface area contributed by atoms with Crippen molar-refractivity contribution in [2.75, 3.05) is 23.3 Å². The summed E-state index contributed by atoms with van der Waals surface area (Å²) in [6.45, 7) is 4.88. The topological polar surface area (TPSA) is 82.1 Å². The first-order valence-electron chi connectivity index (χ1n) is 11.2. The summed E-state index contributed by atoms with van der Waals surface area (Å²) >= 11 is 8.35. The van der Waals surface area contributed by atoms with Crippen molar-refractivity contribution in [3.8, 4) is 5.75 Å². The minimum absolute atomic E-state index is 0.0332. The molecule has 2 aliphatic rings. The predicted octanol–water partition coefficient (Wildman–Crippen LogP) is 4.60. The molecule has 1 saturated heterocycles. The van der Waals surface area contributed by atoms with Gasteiger partial charge in [0.2, 0.25) is 5.91 Å². The molecule has 2 N–H and O–H groups in total. The van der Waals surface area contributed by atoms with Crippen LogP contribution >= 0.6 is 27.5 Å². The Labute approximate surface area is 215 Å². The summed E-state index contributed by atoms with van der Waals surface area (Å²) in [4.78, 5) is 30.0. The van der Waals surface area contributed by atoms with E-state index < -0.39 is 23.6 Å². The highest BCUT2D eigenvalue weighted by Gasteiger charge is 2.41. The van der Waals surface area contributed by atoms with Gasteiger partial charge in [0.15, 0.2) is 0 Å². The molecule has 0 radical (unpaired) electrons. The fourth-order valence-electron chi connectivity index (χ4n) is 4.61. The number of nitrogens with zero attached hydrogens (tertiary/aromatic N) is 2. The number of likely N-dealkylation sites (tertiary alicyclic amines) is 1. The Balaban J connectivity index is 1.53. The molecule has 0 aliphatic carbocycles. The zero-order valence-electron chi connectivity index (χ0n) is 19.1. The van der Waals surface area contributed by atoms with Crippen LogP contribution in [-0.4, -0.2) is 58.7 Å². The van der Waals surface area contributed by atoms with E-state index >= 15 is 0 Å². The largest absolute Gasteiger partial charge is 0.487 e. The number of benzene rings is 2. The summed E-state index contributed by atoms with van der Waals surface area (Å²) < 4.78 is 30.5. The fraction of sp³-hybridized carbons (Fsp3) is 0.417. The molecule has 2 aromatic carbocycles. The molecule has 1 fully saturated rings. The van der Waals surface area contributed by atoms with Crippen molar-refractivity contribution in [2.45, 2.75) is 50.4 Å². The summed E-state index contributed by atoms with van der Waals surface area (Å²) in [5.74, 6) is -0.564. The molecule has 4 rings (SSSR count). The first-order valence-corrected chi connectivity index (χ1v) is 12.3. The third-order valence-electron chi connectivity index (χ3n) is 6.07. The van der Waals surface area contributed by atoms with E-state index in [-0.39, 0.29) is 17.7 Å². The molecule has 2 atom stereocenters. The molecule has 0 aromatic heterocycles. The minimum Gasteiger partial charge on any atom is -0.420 e. The maximum absolute atomic E-state index is 13.3. The van der Waals surface area contributed by atoms with Crippen molar-refractivity contribution in [3.05, 3.63) is 52.0 Å². The molecule has 2 aromatic rings. The van der Waals surface area contributed by atoms with Gasteiger partial charge in [-0.25, -0.2) is 0 Å². The average Bonchev–Trinajstić information content (AvgIpc) is 3.37. The molecule has 0 spiro atoms. The molecule has 2 aliphatic heterocycles. The molecule has 188 valence electrons. The second kappa shape index (κ2) is 9.91. The number of aliphatic hydroxyl groups excluding tert-OH is 1. The van der Waals surface area contributed by atoms with Crippen molar-refractivity contribution in [3.63, 3.8) is 0 Å². The van der Waals surface area contributed by atoms with Gasteiger partial charge in [-0.1, -0.05) is 0 Å². The van der Waals surface area contributed by atoms with E-state index in [1.807, 2.05) is 13.8 Å². The van der Waals surface area contributed by atoms with Crippen LogP contribution in [0.1, 0.15) is 36.2 Å². The molecule has 0 bridgehead atoms. The minimum atomic E-state index is -3.82. The van der Waals surface area contributed by atoms with E-state index in [1.54, 1.807) is 17.0 Å². The van der Waals surface area contributed by atoms with E-state index in [0.717, 1.165) is 11.3 Å².